The maximum absolute atomic E-state index is 10.3. The maximum Gasteiger partial charge on any atom is 0.336 e. The Morgan fingerprint density at radius 2 is 0.706 bits per heavy atom. The van der Waals surface area contributed by atoms with Gasteiger partial charge in [-0.1, -0.05) is 0 Å². The number of carboxylic acid groups (broad SMARTS) is 3. The van der Waals surface area contributed by atoms with E-state index in [1.54, 1.807) is 0 Å². The summed E-state index contributed by atoms with van der Waals surface area (Å²) in [5.74, 6) is -5.02. The molecule has 0 saturated heterocycles. The highest BCUT2D eigenvalue weighted by Crippen LogP contribution is 2.15. The zero-order valence-electron chi connectivity index (χ0n) is 19.1. The highest BCUT2D eigenvalue weighted by atomic mass is 16.4. The zero-order chi connectivity index (χ0) is 27.3. The van der Waals surface area contributed by atoms with E-state index in [1.807, 2.05) is 0 Å². The summed E-state index contributed by atoms with van der Waals surface area (Å²) < 4.78 is 0. The van der Waals surface area contributed by atoms with E-state index >= 15 is 0 Å². The molecule has 206 valence electrons. The van der Waals surface area contributed by atoms with Crippen molar-refractivity contribution in [2.75, 3.05) is 78.9 Å². The Morgan fingerprint density at radius 3 is 0.824 bits per heavy atom. The molecule has 0 unspecified atom stereocenters. The van der Waals surface area contributed by atoms with Crippen molar-refractivity contribution in [1.82, 2.24) is 16.0 Å². The standard InChI is InChI=1S/C6H8O7.3C4H11NO2/c7-3(8)1-6(13,5(11)12)2-4(9)10;3*6-3-1-5-2-4-7/h13H,1-2H2,(H,7,8)(H,9,10)(H,11,12);3*5-7H,1-4H2. The van der Waals surface area contributed by atoms with Crippen LogP contribution in [-0.2, 0) is 14.4 Å². The molecule has 0 saturated carbocycles. The van der Waals surface area contributed by atoms with E-state index in [0.29, 0.717) is 39.3 Å². The lowest BCUT2D eigenvalue weighted by molar-refractivity contribution is -0.170. The van der Waals surface area contributed by atoms with Crippen LogP contribution in [0.5, 0.6) is 0 Å². The van der Waals surface area contributed by atoms with Crippen molar-refractivity contribution >= 4 is 17.9 Å². The van der Waals surface area contributed by atoms with E-state index in [1.165, 1.54) is 0 Å². The quantitative estimate of drug-likeness (QED) is 0.0816. The summed E-state index contributed by atoms with van der Waals surface area (Å²) in [6.07, 6.45) is -2.29. The van der Waals surface area contributed by atoms with E-state index in [9.17, 15) is 14.4 Å². The van der Waals surface area contributed by atoms with Gasteiger partial charge < -0.3 is 67.0 Å². The van der Waals surface area contributed by atoms with Crippen LogP contribution in [0.25, 0.3) is 0 Å². The Hall–Kier alpha value is -1.99. The van der Waals surface area contributed by atoms with E-state index in [2.05, 4.69) is 16.0 Å². The van der Waals surface area contributed by atoms with Crippen LogP contribution in [0.15, 0.2) is 0 Å². The highest BCUT2D eigenvalue weighted by molar-refractivity contribution is 5.88. The largest absolute Gasteiger partial charge is 0.481 e. The van der Waals surface area contributed by atoms with Gasteiger partial charge in [-0.05, 0) is 0 Å². The summed E-state index contributed by atoms with van der Waals surface area (Å²) in [6.45, 7) is 4.25. The van der Waals surface area contributed by atoms with Gasteiger partial charge in [-0.2, -0.15) is 0 Å². The molecule has 0 rings (SSSR count). The maximum atomic E-state index is 10.3. The smallest absolute Gasteiger partial charge is 0.336 e. The Bertz CT molecular complexity index is 419. The number of rotatable bonds is 17. The molecule has 16 nitrogen and oxygen atoms in total. The molecule has 0 spiro atoms. The van der Waals surface area contributed by atoms with Gasteiger partial charge in [0.1, 0.15) is 0 Å². The molecule has 0 aliphatic carbocycles. The van der Waals surface area contributed by atoms with Crippen LogP contribution in [0.1, 0.15) is 12.8 Å². The lowest BCUT2D eigenvalue weighted by Crippen LogP contribution is -2.42. The minimum atomic E-state index is -2.74. The monoisotopic (exact) mass is 507 g/mol. The number of aliphatic hydroxyl groups is 7. The minimum Gasteiger partial charge on any atom is -0.481 e. The van der Waals surface area contributed by atoms with E-state index in [0.717, 1.165) is 0 Å². The average molecular weight is 508 g/mol. The molecule has 0 fully saturated rings. The summed E-state index contributed by atoms with van der Waals surface area (Å²) in [7, 11) is 0. The Kier molecular flexibility index (Phi) is 35.8. The molecule has 0 atom stereocenters. The first kappa shape index (κ1) is 39.2. The second kappa shape index (κ2) is 31.0. The van der Waals surface area contributed by atoms with Crippen LogP contribution in [0.2, 0.25) is 0 Å². The third kappa shape index (κ3) is 37.3. The van der Waals surface area contributed by atoms with Gasteiger partial charge in [0, 0.05) is 39.3 Å². The van der Waals surface area contributed by atoms with Crippen LogP contribution in [-0.4, -0.2) is 153 Å². The van der Waals surface area contributed by atoms with Crippen molar-refractivity contribution in [3.8, 4) is 0 Å². The second-order valence-corrected chi connectivity index (χ2v) is 6.07. The number of hydrogen-bond acceptors (Lipinski definition) is 13. The SMILES string of the molecule is O=C(O)CC(O)(CC(=O)O)C(=O)O.OCCNCCO.OCCNCCO.OCCNCCO. The molecule has 0 heterocycles. The Morgan fingerprint density at radius 1 is 0.500 bits per heavy atom. The molecule has 0 aromatic rings. The Labute approximate surface area is 197 Å². The highest BCUT2D eigenvalue weighted by Gasteiger charge is 2.40. The van der Waals surface area contributed by atoms with Gasteiger partial charge in [0.05, 0.1) is 52.5 Å². The second-order valence-electron chi connectivity index (χ2n) is 6.07. The molecular weight excluding hydrogens is 466 g/mol. The van der Waals surface area contributed by atoms with Crippen LogP contribution in [0.3, 0.4) is 0 Å². The molecule has 16 heteroatoms. The molecule has 0 amide bonds. The fraction of sp³-hybridized carbons (Fsp3) is 0.833. The lowest BCUT2D eigenvalue weighted by Gasteiger charge is -2.18. The number of carbonyl (C=O) groups is 3. The van der Waals surface area contributed by atoms with Crippen molar-refractivity contribution < 1.29 is 65.4 Å². The molecule has 0 aromatic carbocycles. The predicted octanol–water partition coefficient (Wildman–Crippen LogP) is -5.57. The normalized spacial score (nSPS) is 9.97. The van der Waals surface area contributed by atoms with E-state index in [4.69, 9.17) is 51.1 Å². The van der Waals surface area contributed by atoms with Crippen LogP contribution in [0, 0.1) is 0 Å². The summed E-state index contributed by atoms with van der Waals surface area (Å²) in [6, 6.07) is 0. The lowest BCUT2D eigenvalue weighted by atomic mass is 9.96. The van der Waals surface area contributed by atoms with Gasteiger partial charge in [-0.15, -0.1) is 0 Å². The summed E-state index contributed by atoms with van der Waals surface area (Å²) in [5, 5.41) is 91.1. The predicted molar refractivity (Wildman–Crippen MR) is 118 cm³/mol. The molecule has 13 N–H and O–H groups in total. The first-order chi connectivity index (χ1) is 16.0. The van der Waals surface area contributed by atoms with Gasteiger partial charge >= 0.3 is 17.9 Å². The molecule has 0 aliphatic rings. The molecule has 34 heavy (non-hydrogen) atoms. The van der Waals surface area contributed by atoms with Crippen molar-refractivity contribution in [3.05, 3.63) is 0 Å². The molecule has 0 aliphatic heterocycles. The minimum absolute atomic E-state index is 0.139. The zero-order valence-corrected chi connectivity index (χ0v) is 19.1. The van der Waals surface area contributed by atoms with Crippen LogP contribution >= 0.6 is 0 Å². The van der Waals surface area contributed by atoms with Crippen molar-refractivity contribution in [2.24, 2.45) is 0 Å². The number of aliphatic carboxylic acids is 3. The van der Waals surface area contributed by atoms with Crippen LogP contribution < -0.4 is 16.0 Å². The van der Waals surface area contributed by atoms with E-state index in [-0.39, 0.29) is 39.6 Å². The summed E-state index contributed by atoms with van der Waals surface area (Å²) >= 11 is 0. The summed E-state index contributed by atoms with van der Waals surface area (Å²) in [5.41, 5.74) is -2.74. The third-order valence-corrected chi connectivity index (χ3v) is 3.02. The van der Waals surface area contributed by atoms with Gasteiger partial charge in [0.25, 0.3) is 0 Å². The number of nitrogens with one attached hydrogen (secondary N) is 3. The average Bonchev–Trinajstić information content (AvgIpc) is 2.75. The van der Waals surface area contributed by atoms with Crippen molar-refractivity contribution in [1.29, 1.82) is 0 Å². The van der Waals surface area contributed by atoms with Gasteiger partial charge in [0.15, 0.2) is 5.60 Å². The van der Waals surface area contributed by atoms with E-state index < -0.39 is 36.4 Å². The molecule has 0 aromatic heterocycles. The van der Waals surface area contributed by atoms with Gasteiger partial charge in [-0.25, -0.2) is 4.79 Å². The Balaban J connectivity index is -0.000000186. The molecule has 0 radical (unpaired) electrons. The van der Waals surface area contributed by atoms with Gasteiger partial charge in [0.2, 0.25) is 0 Å². The number of aliphatic hydroxyl groups excluding tert-OH is 6. The fourth-order valence-electron chi connectivity index (χ4n) is 1.56. The van der Waals surface area contributed by atoms with Crippen molar-refractivity contribution in [2.45, 2.75) is 18.4 Å². The molecule has 0 bridgehead atoms. The first-order valence-electron chi connectivity index (χ1n) is 10.2. The number of carboxylic acids is 3. The van der Waals surface area contributed by atoms with Gasteiger partial charge in [-0.3, -0.25) is 9.59 Å². The first-order valence-corrected chi connectivity index (χ1v) is 10.2. The molecular formula is C18H41N3O13. The van der Waals surface area contributed by atoms with Crippen LogP contribution in [0.4, 0.5) is 0 Å². The third-order valence-electron chi connectivity index (χ3n) is 3.02. The summed E-state index contributed by atoms with van der Waals surface area (Å²) in [4.78, 5) is 30.5. The number of hydrogen-bond donors (Lipinski definition) is 13. The topological polar surface area (TPSA) is 290 Å². The van der Waals surface area contributed by atoms with Crippen molar-refractivity contribution in [3.63, 3.8) is 0 Å². The fourth-order valence-corrected chi connectivity index (χ4v) is 1.56.